The van der Waals surface area contributed by atoms with E-state index in [9.17, 15) is 0 Å². The Hall–Kier alpha value is -1.85. The van der Waals surface area contributed by atoms with Crippen molar-refractivity contribution in [2.24, 2.45) is 11.8 Å². The first kappa shape index (κ1) is 16.3. The molecule has 0 aliphatic heterocycles. The minimum absolute atomic E-state index is 0.415. The van der Waals surface area contributed by atoms with Gasteiger partial charge in [-0.2, -0.15) is 4.98 Å². The maximum Gasteiger partial charge on any atom is 0.298 e. The summed E-state index contributed by atoms with van der Waals surface area (Å²) in [5.41, 5.74) is 3.05. The molecule has 0 saturated heterocycles. The van der Waals surface area contributed by atoms with Gasteiger partial charge < -0.3 is 4.74 Å². The number of fused-ring (bicyclic) bond motifs is 1. The zero-order valence-corrected chi connectivity index (χ0v) is 15.8. The lowest BCUT2D eigenvalue weighted by molar-refractivity contribution is 0.310. The van der Waals surface area contributed by atoms with Gasteiger partial charge in [0.2, 0.25) is 0 Å². The van der Waals surface area contributed by atoms with Crippen molar-refractivity contribution in [2.75, 3.05) is 7.11 Å². The molecule has 0 amide bonds. The number of ether oxygens (including phenoxy) is 1. The molecular weight excluding hydrogens is 371 g/mol. The maximum absolute atomic E-state index is 6.42. The van der Waals surface area contributed by atoms with Crippen LogP contribution in [0.5, 0.6) is 6.01 Å². The zero-order chi connectivity index (χ0) is 17.8. The summed E-state index contributed by atoms with van der Waals surface area (Å²) in [6.45, 7) is 0. The van der Waals surface area contributed by atoms with Crippen LogP contribution in [0.3, 0.4) is 0 Å². The maximum atomic E-state index is 6.42. The summed E-state index contributed by atoms with van der Waals surface area (Å²) in [5.74, 6) is 1.40. The third kappa shape index (κ3) is 2.65. The molecule has 0 unspecified atom stereocenters. The molecule has 2 aliphatic rings. The first-order valence-electron chi connectivity index (χ1n) is 8.89. The van der Waals surface area contributed by atoms with E-state index in [-0.39, 0.29) is 0 Å². The lowest BCUT2D eigenvalue weighted by Gasteiger charge is -2.19. The van der Waals surface area contributed by atoms with Crippen molar-refractivity contribution < 1.29 is 4.74 Å². The van der Waals surface area contributed by atoms with Gasteiger partial charge in [0.25, 0.3) is 6.01 Å². The van der Waals surface area contributed by atoms with Crippen LogP contribution in [-0.2, 0) is 0 Å². The first-order chi connectivity index (χ1) is 12.7. The molecular formula is C19H18Cl2N4O. The lowest BCUT2D eigenvalue weighted by atomic mass is 10.1. The fraction of sp³-hybridized carbons (Fsp3) is 0.421. The van der Waals surface area contributed by atoms with Crippen LogP contribution in [0, 0.1) is 11.8 Å². The Labute approximate surface area is 161 Å². The third-order valence-electron chi connectivity index (χ3n) is 5.32. The van der Waals surface area contributed by atoms with E-state index in [0.29, 0.717) is 39.6 Å². The quantitative estimate of drug-likeness (QED) is 0.604. The lowest BCUT2D eigenvalue weighted by Crippen LogP contribution is -2.15. The number of methoxy groups -OCH3 is 1. The number of benzene rings is 1. The summed E-state index contributed by atoms with van der Waals surface area (Å²) in [4.78, 5) is 13.8. The van der Waals surface area contributed by atoms with Gasteiger partial charge in [-0.3, -0.25) is 4.57 Å². The molecule has 5 nitrogen and oxygen atoms in total. The van der Waals surface area contributed by atoms with Crippen LogP contribution in [-0.4, -0.2) is 26.6 Å². The highest BCUT2D eigenvalue weighted by Gasteiger charge is 2.44. The molecule has 26 heavy (non-hydrogen) atoms. The van der Waals surface area contributed by atoms with Gasteiger partial charge >= 0.3 is 0 Å². The zero-order valence-electron chi connectivity index (χ0n) is 14.3. The molecule has 0 spiro atoms. The number of halogens is 2. The topological polar surface area (TPSA) is 52.8 Å². The van der Waals surface area contributed by atoms with E-state index >= 15 is 0 Å². The summed E-state index contributed by atoms with van der Waals surface area (Å²) in [6, 6.07) is 6.42. The molecule has 0 atom stereocenters. The van der Waals surface area contributed by atoms with Gasteiger partial charge in [0.15, 0.2) is 5.65 Å². The number of nitrogens with zero attached hydrogens (tertiary/aromatic N) is 4. The van der Waals surface area contributed by atoms with E-state index in [2.05, 4.69) is 14.5 Å². The van der Waals surface area contributed by atoms with Crippen molar-refractivity contribution in [1.82, 2.24) is 19.5 Å². The highest BCUT2D eigenvalue weighted by Crippen LogP contribution is 2.54. The average molecular weight is 389 g/mol. The monoisotopic (exact) mass is 388 g/mol. The minimum Gasteiger partial charge on any atom is -0.468 e. The Morgan fingerprint density at radius 2 is 1.85 bits per heavy atom. The Morgan fingerprint density at radius 1 is 1.12 bits per heavy atom. The van der Waals surface area contributed by atoms with Crippen molar-refractivity contribution >= 4 is 34.4 Å². The van der Waals surface area contributed by atoms with Gasteiger partial charge in [0.1, 0.15) is 17.5 Å². The molecule has 5 rings (SSSR count). The van der Waals surface area contributed by atoms with Crippen LogP contribution in [0.4, 0.5) is 0 Å². The summed E-state index contributed by atoms with van der Waals surface area (Å²) < 4.78 is 7.83. The molecule has 2 fully saturated rings. The first-order valence-corrected chi connectivity index (χ1v) is 9.65. The van der Waals surface area contributed by atoms with Gasteiger partial charge in [-0.25, -0.2) is 9.97 Å². The van der Waals surface area contributed by atoms with Gasteiger partial charge in [0, 0.05) is 16.6 Å². The Bertz CT molecular complexity index is 983. The van der Waals surface area contributed by atoms with Crippen LogP contribution >= 0.6 is 23.2 Å². The van der Waals surface area contributed by atoms with Gasteiger partial charge in [-0.05, 0) is 55.7 Å². The second-order valence-electron chi connectivity index (χ2n) is 7.15. The van der Waals surface area contributed by atoms with Gasteiger partial charge in [0.05, 0.1) is 12.1 Å². The van der Waals surface area contributed by atoms with E-state index in [1.54, 1.807) is 19.5 Å². The van der Waals surface area contributed by atoms with Crippen LogP contribution in [0.15, 0.2) is 24.5 Å². The fourth-order valence-corrected chi connectivity index (χ4v) is 4.36. The van der Waals surface area contributed by atoms with Crippen LogP contribution in [0.2, 0.25) is 10.0 Å². The van der Waals surface area contributed by atoms with Crippen LogP contribution in [0.1, 0.15) is 31.7 Å². The predicted molar refractivity (Wildman–Crippen MR) is 102 cm³/mol. The smallest absolute Gasteiger partial charge is 0.298 e. The molecule has 134 valence electrons. The van der Waals surface area contributed by atoms with E-state index in [0.717, 1.165) is 16.7 Å². The Kier molecular flexibility index (Phi) is 3.83. The van der Waals surface area contributed by atoms with Crippen molar-refractivity contribution in [3.05, 3.63) is 34.6 Å². The van der Waals surface area contributed by atoms with Crippen molar-refractivity contribution in [1.29, 1.82) is 0 Å². The van der Waals surface area contributed by atoms with Crippen molar-refractivity contribution in [3.8, 4) is 17.3 Å². The standard InChI is InChI=1S/C19H18Cl2N4O/c1-26-19-24-16-15(13-7-6-12(20)8-14(13)21)22-9-23-18(16)25(19)17(10-2-3-10)11-4-5-11/h6-11,17H,2-5H2,1H3. The molecule has 0 bridgehead atoms. The average Bonchev–Trinajstić information content (AvgIpc) is 3.54. The number of imidazole rings is 1. The molecule has 2 aliphatic carbocycles. The molecule has 1 aromatic carbocycles. The number of hydrogen-bond donors (Lipinski definition) is 0. The summed E-state index contributed by atoms with van der Waals surface area (Å²) in [7, 11) is 1.66. The summed E-state index contributed by atoms with van der Waals surface area (Å²) in [6.07, 6.45) is 6.66. The SMILES string of the molecule is COc1nc2c(-c3ccc(Cl)cc3Cl)ncnc2n1C(C1CC1)C1CC1. The van der Waals surface area contributed by atoms with E-state index in [1.165, 1.54) is 25.7 Å². The largest absolute Gasteiger partial charge is 0.468 e. The predicted octanol–water partition coefficient (Wildman–Crippen LogP) is 5.17. The second kappa shape index (κ2) is 6.10. The molecule has 7 heteroatoms. The van der Waals surface area contributed by atoms with Crippen molar-refractivity contribution in [3.63, 3.8) is 0 Å². The van der Waals surface area contributed by atoms with Crippen LogP contribution in [0.25, 0.3) is 22.4 Å². The second-order valence-corrected chi connectivity index (χ2v) is 8.00. The van der Waals surface area contributed by atoms with E-state index in [4.69, 9.17) is 32.9 Å². The highest BCUT2D eigenvalue weighted by atomic mass is 35.5. The molecule has 2 saturated carbocycles. The normalized spacial score (nSPS) is 17.2. The minimum atomic E-state index is 0.415. The van der Waals surface area contributed by atoms with E-state index < -0.39 is 0 Å². The van der Waals surface area contributed by atoms with E-state index in [1.807, 2.05) is 12.1 Å². The molecule has 2 aromatic heterocycles. The molecule has 3 aromatic rings. The van der Waals surface area contributed by atoms with Crippen molar-refractivity contribution in [2.45, 2.75) is 31.7 Å². The van der Waals surface area contributed by atoms with Gasteiger partial charge in [-0.1, -0.05) is 23.2 Å². The molecule has 0 radical (unpaired) electrons. The summed E-state index contributed by atoms with van der Waals surface area (Å²) in [5, 5.41) is 1.14. The summed E-state index contributed by atoms with van der Waals surface area (Å²) >= 11 is 12.5. The molecule has 2 heterocycles. The molecule has 0 N–H and O–H groups in total. The Balaban J connectivity index is 1.72. The fourth-order valence-electron chi connectivity index (χ4n) is 3.86. The van der Waals surface area contributed by atoms with Gasteiger partial charge in [-0.15, -0.1) is 0 Å². The van der Waals surface area contributed by atoms with Crippen LogP contribution < -0.4 is 4.74 Å². The Morgan fingerprint density at radius 3 is 2.46 bits per heavy atom. The number of rotatable bonds is 5. The number of hydrogen-bond acceptors (Lipinski definition) is 4. The highest BCUT2D eigenvalue weighted by molar-refractivity contribution is 6.36. The third-order valence-corrected chi connectivity index (χ3v) is 5.87. The number of aromatic nitrogens is 4.